The summed E-state index contributed by atoms with van der Waals surface area (Å²) in [4.78, 5) is 17.2. The third-order valence-corrected chi connectivity index (χ3v) is 1.66. The number of aliphatic hydroxyl groups is 1. The van der Waals surface area contributed by atoms with Gasteiger partial charge in [0.1, 0.15) is 6.33 Å². The molecule has 0 fully saturated rings. The van der Waals surface area contributed by atoms with Crippen LogP contribution in [0, 0.1) is 10.1 Å². The van der Waals surface area contributed by atoms with E-state index in [0.717, 1.165) is 6.33 Å². The highest BCUT2D eigenvalue weighted by molar-refractivity contribution is 5.67. The van der Waals surface area contributed by atoms with Crippen LogP contribution in [0.4, 0.5) is 17.3 Å². The van der Waals surface area contributed by atoms with Crippen molar-refractivity contribution in [2.24, 2.45) is 0 Å². The minimum atomic E-state index is -0.642. The summed E-state index contributed by atoms with van der Waals surface area (Å²) < 4.78 is 0. The number of nitrogens with one attached hydrogen (secondary N) is 1. The van der Waals surface area contributed by atoms with Crippen molar-refractivity contribution >= 4 is 17.3 Å². The summed E-state index contributed by atoms with van der Waals surface area (Å²) in [7, 11) is 0. The molecule has 0 atom stereocenters. The molecule has 0 bridgehead atoms. The van der Waals surface area contributed by atoms with Crippen molar-refractivity contribution in [2.45, 2.75) is 6.42 Å². The second-order valence-corrected chi connectivity index (χ2v) is 2.72. The Hall–Kier alpha value is -1.96. The molecule has 0 radical (unpaired) electrons. The summed E-state index contributed by atoms with van der Waals surface area (Å²) in [6.07, 6.45) is 1.62. The Bertz CT molecular complexity index is 356. The summed E-state index contributed by atoms with van der Waals surface area (Å²) in [5, 5.41) is 21.9. The molecule has 1 heterocycles. The molecule has 0 aliphatic heterocycles. The highest BCUT2D eigenvalue weighted by atomic mass is 16.6. The first-order valence-electron chi connectivity index (χ1n) is 4.26. The molecule has 8 nitrogen and oxygen atoms in total. The molecule has 1 aromatic rings. The number of nitrogens with zero attached hydrogens (tertiary/aromatic N) is 3. The van der Waals surface area contributed by atoms with Gasteiger partial charge in [0, 0.05) is 13.2 Å². The molecule has 1 aromatic heterocycles. The summed E-state index contributed by atoms with van der Waals surface area (Å²) in [5.41, 5.74) is 5.01. The van der Waals surface area contributed by atoms with Crippen molar-refractivity contribution in [1.29, 1.82) is 0 Å². The molecular formula is C7H11N5O3. The van der Waals surface area contributed by atoms with Gasteiger partial charge in [-0.25, -0.2) is 9.97 Å². The van der Waals surface area contributed by atoms with Crippen molar-refractivity contribution in [1.82, 2.24) is 9.97 Å². The highest BCUT2D eigenvalue weighted by Crippen LogP contribution is 2.25. The molecule has 82 valence electrons. The maximum atomic E-state index is 10.6. The molecule has 0 saturated heterocycles. The SMILES string of the molecule is Nc1ncnc(NCCCO)c1[N+](=O)[O-]. The smallest absolute Gasteiger partial charge is 0.352 e. The molecule has 15 heavy (non-hydrogen) atoms. The fourth-order valence-corrected chi connectivity index (χ4v) is 0.988. The Morgan fingerprint density at radius 2 is 2.33 bits per heavy atom. The second-order valence-electron chi connectivity index (χ2n) is 2.72. The number of rotatable bonds is 5. The number of nitrogens with two attached hydrogens (primary N) is 1. The van der Waals surface area contributed by atoms with E-state index in [2.05, 4.69) is 15.3 Å². The van der Waals surface area contributed by atoms with E-state index in [4.69, 9.17) is 10.8 Å². The van der Waals surface area contributed by atoms with Gasteiger partial charge in [0.15, 0.2) is 0 Å². The van der Waals surface area contributed by atoms with Gasteiger partial charge in [-0.1, -0.05) is 0 Å². The van der Waals surface area contributed by atoms with Gasteiger partial charge >= 0.3 is 5.69 Å². The topological polar surface area (TPSA) is 127 Å². The van der Waals surface area contributed by atoms with Crippen LogP contribution in [0.5, 0.6) is 0 Å². The van der Waals surface area contributed by atoms with E-state index in [0.29, 0.717) is 13.0 Å². The van der Waals surface area contributed by atoms with Crippen molar-refractivity contribution in [3.8, 4) is 0 Å². The van der Waals surface area contributed by atoms with Crippen LogP contribution in [-0.2, 0) is 0 Å². The van der Waals surface area contributed by atoms with Gasteiger partial charge in [-0.05, 0) is 6.42 Å². The zero-order valence-corrected chi connectivity index (χ0v) is 7.88. The number of nitrogen functional groups attached to an aromatic ring is 1. The molecule has 0 spiro atoms. The minimum Gasteiger partial charge on any atom is -0.396 e. The van der Waals surface area contributed by atoms with Gasteiger partial charge in [0.25, 0.3) is 0 Å². The highest BCUT2D eigenvalue weighted by Gasteiger charge is 2.19. The van der Waals surface area contributed by atoms with Gasteiger partial charge in [-0.2, -0.15) is 0 Å². The lowest BCUT2D eigenvalue weighted by Gasteiger charge is -2.05. The molecule has 1 rings (SSSR count). The van der Waals surface area contributed by atoms with Gasteiger partial charge in [-0.15, -0.1) is 0 Å². The maximum Gasteiger partial charge on any atom is 0.352 e. The lowest BCUT2D eigenvalue weighted by molar-refractivity contribution is -0.383. The largest absolute Gasteiger partial charge is 0.396 e. The van der Waals surface area contributed by atoms with Crippen LogP contribution in [0.25, 0.3) is 0 Å². The van der Waals surface area contributed by atoms with Gasteiger partial charge < -0.3 is 16.2 Å². The Morgan fingerprint density at radius 1 is 1.60 bits per heavy atom. The molecule has 0 aliphatic carbocycles. The number of hydrogen-bond donors (Lipinski definition) is 3. The first-order valence-corrected chi connectivity index (χ1v) is 4.26. The average Bonchev–Trinajstić information content (AvgIpc) is 2.17. The van der Waals surface area contributed by atoms with Gasteiger partial charge in [0.05, 0.1) is 4.92 Å². The number of aromatic nitrogens is 2. The maximum absolute atomic E-state index is 10.6. The zero-order chi connectivity index (χ0) is 11.3. The Morgan fingerprint density at radius 3 is 2.93 bits per heavy atom. The van der Waals surface area contributed by atoms with Gasteiger partial charge in [-0.3, -0.25) is 10.1 Å². The van der Waals surface area contributed by atoms with Crippen LogP contribution in [0.2, 0.25) is 0 Å². The lowest BCUT2D eigenvalue weighted by atomic mass is 10.4. The first kappa shape index (κ1) is 11.1. The average molecular weight is 213 g/mol. The number of nitro groups is 1. The normalized spacial score (nSPS) is 9.93. The van der Waals surface area contributed by atoms with E-state index in [1.54, 1.807) is 0 Å². The van der Waals surface area contributed by atoms with E-state index in [1.165, 1.54) is 0 Å². The number of hydrogen-bond acceptors (Lipinski definition) is 7. The molecule has 8 heteroatoms. The predicted molar refractivity (Wildman–Crippen MR) is 53.3 cm³/mol. The molecule has 0 amide bonds. The monoisotopic (exact) mass is 213 g/mol. The van der Waals surface area contributed by atoms with Crippen LogP contribution < -0.4 is 11.1 Å². The van der Waals surface area contributed by atoms with E-state index < -0.39 is 4.92 Å². The lowest BCUT2D eigenvalue weighted by Crippen LogP contribution is -2.09. The quantitative estimate of drug-likeness (QED) is 0.350. The molecule has 0 unspecified atom stereocenters. The Labute approximate surface area is 85.3 Å². The molecule has 0 saturated carbocycles. The molecule has 0 aliphatic rings. The third kappa shape index (κ3) is 2.74. The van der Waals surface area contributed by atoms with Crippen LogP contribution in [0.15, 0.2) is 6.33 Å². The van der Waals surface area contributed by atoms with E-state index >= 15 is 0 Å². The first-order chi connectivity index (χ1) is 7.16. The van der Waals surface area contributed by atoms with Crippen molar-refractivity contribution in [3.05, 3.63) is 16.4 Å². The van der Waals surface area contributed by atoms with Crippen molar-refractivity contribution in [2.75, 3.05) is 24.2 Å². The second kappa shape index (κ2) is 5.05. The summed E-state index contributed by atoms with van der Waals surface area (Å²) >= 11 is 0. The van der Waals surface area contributed by atoms with Crippen molar-refractivity contribution < 1.29 is 10.0 Å². The summed E-state index contributed by atoms with van der Waals surface area (Å²) in [6, 6.07) is 0. The van der Waals surface area contributed by atoms with E-state index in [-0.39, 0.29) is 23.9 Å². The summed E-state index contributed by atoms with van der Waals surface area (Å²) in [6.45, 7) is 0.384. The van der Waals surface area contributed by atoms with Crippen LogP contribution in [-0.4, -0.2) is 33.1 Å². The third-order valence-electron chi connectivity index (χ3n) is 1.66. The Balaban J connectivity index is 2.86. The van der Waals surface area contributed by atoms with Crippen molar-refractivity contribution in [3.63, 3.8) is 0 Å². The fraction of sp³-hybridized carbons (Fsp3) is 0.429. The molecule has 0 aromatic carbocycles. The standard InChI is InChI=1S/C7H11N5O3/c8-6-5(12(14)15)7(11-4-10-6)9-2-1-3-13/h4,13H,1-3H2,(H3,8,9,10,11). The molecule has 4 N–H and O–H groups in total. The minimum absolute atomic E-state index is 0.00135. The summed E-state index contributed by atoms with van der Waals surface area (Å²) in [5.74, 6) is -0.109. The van der Waals surface area contributed by atoms with Crippen LogP contribution in [0.1, 0.15) is 6.42 Å². The van der Waals surface area contributed by atoms with E-state index in [1.807, 2.05) is 0 Å². The number of anilines is 2. The molecular weight excluding hydrogens is 202 g/mol. The van der Waals surface area contributed by atoms with Gasteiger partial charge in [0.2, 0.25) is 11.6 Å². The van der Waals surface area contributed by atoms with E-state index in [9.17, 15) is 10.1 Å². The zero-order valence-electron chi connectivity index (χ0n) is 7.88. The van der Waals surface area contributed by atoms with Crippen LogP contribution in [0.3, 0.4) is 0 Å². The predicted octanol–water partition coefficient (Wildman–Crippen LogP) is -0.239. The Kier molecular flexibility index (Phi) is 3.75. The number of aliphatic hydroxyl groups excluding tert-OH is 1. The van der Waals surface area contributed by atoms with Crippen LogP contribution >= 0.6 is 0 Å². The fourth-order valence-electron chi connectivity index (χ4n) is 0.988.